The fourth-order valence-electron chi connectivity index (χ4n) is 4.57. The second-order valence-corrected chi connectivity index (χ2v) is 11.6. The van der Waals surface area contributed by atoms with Crippen molar-refractivity contribution < 1.29 is 8.78 Å². The zero-order valence-corrected chi connectivity index (χ0v) is 23.4. The number of nitrogens with one attached hydrogen (secondary N) is 1. The molecule has 2 aromatic rings. The summed E-state index contributed by atoms with van der Waals surface area (Å²) < 4.78 is 26.5. The van der Waals surface area contributed by atoms with Gasteiger partial charge >= 0.3 is 0 Å². The van der Waals surface area contributed by atoms with Crippen molar-refractivity contribution in [2.75, 3.05) is 31.1 Å². The zero-order valence-electron chi connectivity index (χ0n) is 18.9. The van der Waals surface area contributed by atoms with Crippen LogP contribution in [0, 0.1) is 26.0 Å². The van der Waals surface area contributed by atoms with E-state index in [1.807, 2.05) is 22.6 Å². The summed E-state index contributed by atoms with van der Waals surface area (Å²) >= 11 is 13.1. The Hall–Kier alpha value is -0.480. The van der Waals surface area contributed by atoms with Gasteiger partial charge < -0.3 is 10.2 Å². The molecule has 4 heterocycles. The third-order valence-corrected chi connectivity index (χ3v) is 8.56. The quantitative estimate of drug-likeness (QED) is 0.261. The van der Waals surface area contributed by atoms with E-state index in [1.54, 1.807) is 6.07 Å². The fourth-order valence-corrected chi connectivity index (χ4v) is 5.50. The summed E-state index contributed by atoms with van der Waals surface area (Å²) in [7, 11) is 0. The molecule has 0 amide bonds. The first-order valence-corrected chi connectivity index (χ1v) is 13.4. The maximum absolute atomic E-state index is 13.6. The van der Waals surface area contributed by atoms with Crippen molar-refractivity contribution in [3.8, 4) is 0 Å². The van der Waals surface area contributed by atoms with E-state index in [-0.39, 0.29) is 24.0 Å². The number of pyridine rings is 2. The molecule has 2 saturated carbocycles. The lowest BCUT2D eigenvalue weighted by Crippen LogP contribution is -2.35. The van der Waals surface area contributed by atoms with Gasteiger partial charge in [0.25, 0.3) is 0 Å². The average molecular weight is 646 g/mol. The maximum atomic E-state index is 13.6. The van der Waals surface area contributed by atoms with Crippen molar-refractivity contribution in [1.82, 2.24) is 15.3 Å². The first kappa shape index (κ1) is 28.1. The smallest absolute Gasteiger partial charge is 0.164 e. The van der Waals surface area contributed by atoms with Crippen LogP contribution in [0.3, 0.4) is 0 Å². The Morgan fingerprint density at radius 3 is 1.76 bits per heavy atom. The van der Waals surface area contributed by atoms with Crippen LogP contribution in [-0.2, 0) is 0 Å². The second kappa shape index (κ2) is 12.2. The molecule has 2 aliphatic carbocycles. The van der Waals surface area contributed by atoms with Crippen molar-refractivity contribution >= 4 is 63.9 Å². The summed E-state index contributed by atoms with van der Waals surface area (Å²) in [4.78, 5) is 9.35. The summed E-state index contributed by atoms with van der Waals surface area (Å²) in [5.74, 6) is -0.601. The predicted octanol–water partition coefficient (Wildman–Crippen LogP) is 7.31. The minimum absolute atomic E-state index is 0. The topological polar surface area (TPSA) is 41.1 Å². The third-order valence-electron chi connectivity index (χ3n) is 7.32. The molecule has 2 aromatic heterocycles. The molecule has 188 valence electrons. The fraction of sp³-hybridized carbons (Fsp3) is 0.583. The summed E-state index contributed by atoms with van der Waals surface area (Å²) in [6.45, 7) is 4.44. The van der Waals surface area contributed by atoms with Crippen LogP contribution in [0.1, 0.15) is 51.4 Å². The first-order valence-electron chi connectivity index (χ1n) is 11.5. The molecule has 2 spiro atoms. The molecule has 0 radical (unpaired) electrons. The van der Waals surface area contributed by atoms with Gasteiger partial charge in [-0.2, -0.15) is 0 Å². The van der Waals surface area contributed by atoms with Crippen LogP contribution in [0.25, 0.3) is 0 Å². The Balaban J connectivity index is 0.000000154. The first-order chi connectivity index (χ1) is 15.8. The van der Waals surface area contributed by atoms with E-state index in [2.05, 4.69) is 20.2 Å². The Morgan fingerprint density at radius 1 is 0.794 bits per heavy atom. The van der Waals surface area contributed by atoms with E-state index in [0.717, 1.165) is 24.7 Å². The SMILES string of the molecule is C1CC2(CCN1)CC2.Cl.Fc1cnc(Cl)cc1I.Fc1cnc(Cl)cc1N1CCC2(CC1)CC2. The van der Waals surface area contributed by atoms with Crippen LogP contribution < -0.4 is 10.2 Å². The van der Waals surface area contributed by atoms with Crippen LogP contribution in [0.4, 0.5) is 14.5 Å². The maximum Gasteiger partial charge on any atom is 0.164 e. The standard InChI is InChI=1S/C12H14ClFN2.C7H13N.C5H2ClFIN.ClH/c13-11-7-10(9(14)8-15-11)16-5-3-12(1-2-12)4-6-16;1-2-7(1)3-5-8-6-4-7;6-5-1-4(8)3(7)2-9-5;/h7-8H,1-6H2;8H,1-6H2;1-2H;1H. The van der Waals surface area contributed by atoms with Crippen molar-refractivity contribution in [3.63, 3.8) is 0 Å². The number of nitrogens with zero attached hydrogens (tertiary/aromatic N) is 3. The number of hydrogen-bond acceptors (Lipinski definition) is 4. The molecule has 0 unspecified atom stereocenters. The second-order valence-electron chi connectivity index (χ2n) is 9.62. The summed E-state index contributed by atoms with van der Waals surface area (Å²) in [6, 6.07) is 3.10. The molecule has 10 heteroatoms. The molecular weight excluding hydrogens is 616 g/mol. The van der Waals surface area contributed by atoms with Crippen molar-refractivity contribution in [2.45, 2.75) is 51.4 Å². The lowest BCUT2D eigenvalue weighted by Gasteiger charge is -2.33. The number of halogens is 6. The molecule has 2 saturated heterocycles. The number of anilines is 1. The van der Waals surface area contributed by atoms with Crippen molar-refractivity contribution in [2.24, 2.45) is 10.8 Å². The van der Waals surface area contributed by atoms with Crippen LogP contribution in [0.15, 0.2) is 24.5 Å². The van der Waals surface area contributed by atoms with Gasteiger partial charge in [0.15, 0.2) is 11.6 Å². The van der Waals surface area contributed by atoms with Gasteiger partial charge in [-0.3, -0.25) is 0 Å². The van der Waals surface area contributed by atoms with E-state index in [4.69, 9.17) is 23.2 Å². The van der Waals surface area contributed by atoms with Crippen molar-refractivity contribution in [1.29, 1.82) is 0 Å². The van der Waals surface area contributed by atoms with E-state index in [9.17, 15) is 8.78 Å². The van der Waals surface area contributed by atoms with Gasteiger partial charge in [-0.25, -0.2) is 18.7 Å². The van der Waals surface area contributed by atoms with E-state index in [1.165, 1.54) is 76.7 Å². The highest BCUT2D eigenvalue weighted by Crippen LogP contribution is 2.54. The van der Waals surface area contributed by atoms with Gasteiger partial charge in [0.2, 0.25) is 0 Å². The van der Waals surface area contributed by atoms with Gasteiger partial charge in [0.05, 0.1) is 21.7 Å². The minimum atomic E-state index is -0.333. The molecule has 4 fully saturated rings. The largest absolute Gasteiger partial charge is 0.369 e. The monoisotopic (exact) mass is 644 g/mol. The molecule has 6 rings (SSSR count). The summed E-state index contributed by atoms with van der Waals surface area (Å²) in [5, 5.41) is 4.06. The normalized spacial score (nSPS) is 20.9. The Kier molecular flexibility index (Phi) is 10.1. The number of rotatable bonds is 1. The average Bonchev–Trinajstić information content (AvgIpc) is 3.74. The van der Waals surface area contributed by atoms with E-state index < -0.39 is 0 Å². The third kappa shape index (κ3) is 7.76. The number of hydrogen-bond donors (Lipinski definition) is 1. The van der Waals surface area contributed by atoms with Crippen molar-refractivity contribution in [3.05, 3.63) is 50.0 Å². The molecule has 2 aliphatic heterocycles. The van der Waals surface area contributed by atoms with Crippen LogP contribution in [0.5, 0.6) is 0 Å². The van der Waals surface area contributed by atoms with Gasteiger partial charge in [-0.05, 0) is 104 Å². The van der Waals surface area contributed by atoms with Crippen LogP contribution in [0.2, 0.25) is 10.3 Å². The lowest BCUT2D eigenvalue weighted by atomic mass is 9.93. The molecule has 0 bridgehead atoms. The molecule has 34 heavy (non-hydrogen) atoms. The Morgan fingerprint density at radius 2 is 1.29 bits per heavy atom. The summed E-state index contributed by atoms with van der Waals surface area (Å²) in [5.41, 5.74) is 2.09. The molecule has 4 nitrogen and oxygen atoms in total. The molecular formula is C24H30Cl3F2IN4. The van der Waals surface area contributed by atoms with Gasteiger partial charge in [-0.1, -0.05) is 23.2 Å². The van der Waals surface area contributed by atoms with Gasteiger partial charge in [0, 0.05) is 19.2 Å². The highest BCUT2D eigenvalue weighted by atomic mass is 127. The number of piperidine rings is 2. The van der Waals surface area contributed by atoms with Gasteiger partial charge in [-0.15, -0.1) is 12.4 Å². The lowest BCUT2D eigenvalue weighted by molar-refractivity contribution is 0.353. The predicted molar refractivity (Wildman–Crippen MR) is 145 cm³/mol. The summed E-state index contributed by atoms with van der Waals surface area (Å²) in [6.07, 6.45) is 13.4. The van der Waals surface area contributed by atoms with Crippen LogP contribution >= 0.6 is 58.2 Å². The zero-order chi connectivity index (χ0) is 23.5. The van der Waals surface area contributed by atoms with E-state index >= 15 is 0 Å². The Bertz CT molecular complexity index is 955. The number of aromatic nitrogens is 2. The molecule has 0 aromatic carbocycles. The highest BCUT2D eigenvalue weighted by Gasteiger charge is 2.44. The molecule has 0 atom stereocenters. The highest BCUT2D eigenvalue weighted by molar-refractivity contribution is 14.1. The van der Waals surface area contributed by atoms with Gasteiger partial charge in [0.1, 0.15) is 10.3 Å². The molecule has 4 aliphatic rings. The van der Waals surface area contributed by atoms with Crippen LogP contribution in [-0.4, -0.2) is 36.1 Å². The molecule has 1 N–H and O–H groups in total. The minimum Gasteiger partial charge on any atom is -0.369 e. The van der Waals surface area contributed by atoms with E-state index in [0.29, 0.717) is 25.0 Å². The Labute approximate surface area is 230 Å².